The highest BCUT2D eigenvalue weighted by Gasteiger charge is 2.28. The number of hydrogen-bond acceptors (Lipinski definition) is 5. The van der Waals surface area contributed by atoms with Gasteiger partial charge in [0.15, 0.2) is 6.29 Å². The Morgan fingerprint density at radius 2 is 1.96 bits per heavy atom. The monoisotopic (exact) mass is 374 g/mol. The molecule has 0 spiro atoms. The van der Waals surface area contributed by atoms with Crippen molar-refractivity contribution < 1.29 is 29.3 Å². The molecule has 0 amide bonds. The third-order valence-electron chi connectivity index (χ3n) is 4.06. The van der Waals surface area contributed by atoms with Gasteiger partial charge < -0.3 is 19.7 Å². The van der Waals surface area contributed by atoms with Gasteiger partial charge in [-0.05, 0) is 41.1 Å². The zero-order valence-electron chi connectivity index (χ0n) is 14.0. The quantitative estimate of drug-likeness (QED) is 0.789. The minimum atomic E-state index is -1.27. The van der Waals surface area contributed by atoms with E-state index in [1.807, 2.05) is 24.4 Å². The van der Waals surface area contributed by atoms with Crippen molar-refractivity contribution in [3.05, 3.63) is 56.8 Å². The summed E-state index contributed by atoms with van der Waals surface area (Å²) in [5, 5.41) is 20.3. The van der Waals surface area contributed by atoms with Gasteiger partial charge in [0.2, 0.25) is 0 Å². The Morgan fingerprint density at radius 1 is 1.19 bits per heavy atom. The molecule has 0 saturated carbocycles. The molecule has 1 aromatic heterocycles. The number of rotatable bonds is 6. The summed E-state index contributed by atoms with van der Waals surface area (Å²) in [5.41, 5.74) is 1.12. The topological polar surface area (TPSA) is 93.1 Å². The number of carbonyl (C=O) groups is 2. The van der Waals surface area contributed by atoms with E-state index in [1.54, 1.807) is 23.5 Å². The van der Waals surface area contributed by atoms with Gasteiger partial charge in [-0.15, -0.1) is 11.3 Å². The number of ether oxygens (including phenoxy) is 2. The van der Waals surface area contributed by atoms with E-state index in [2.05, 4.69) is 0 Å². The summed E-state index contributed by atoms with van der Waals surface area (Å²) < 4.78 is 11.4. The molecule has 0 bridgehead atoms. The van der Waals surface area contributed by atoms with Crippen LogP contribution in [-0.4, -0.2) is 35.0 Å². The van der Waals surface area contributed by atoms with E-state index in [0.717, 1.165) is 16.9 Å². The minimum absolute atomic E-state index is 0.108. The summed E-state index contributed by atoms with van der Waals surface area (Å²) in [5.74, 6) is -2.53. The highest BCUT2D eigenvalue weighted by molar-refractivity contribution is 7.10. The smallest absolute Gasteiger partial charge is 0.336 e. The first-order valence-corrected chi connectivity index (χ1v) is 9.00. The van der Waals surface area contributed by atoms with Crippen molar-refractivity contribution in [1.82, 2.24) is 0 Å². The van der Waals surface area contributed by atoms with Crippen molar-refractivity contribution in [1.29, 1.82) is 0 Å². The summed E-state index contributed by atoms with van der Waals surface area (Å²) >= 11 is 1.58. The number of benzene rings is 1. The molecule has 2 heterocycles. The van der Waals surface area contributed by atoms with E-state index in [4.69, 9.17) is 14.6 Å². The number of hydrogen-bond donors (Lipinski definition) is 2. The molecular formula is C19H18O6S. The molecular weight excluding hydrogens is 356 g/mol. The van der Waals surface area contributed by atoms with Crippen LogP contribution in [-0.2, 0) is 9.47 Å². The summed E-state index contributed by atoms with van der Waals surface area (Å²) in [6.07, 6.45) is 4.14. The lowest BCUT2D eigenvalue weighted by Gasteiger charge is -2.09. The molecule has 2 N–H and O–H groups in total. The zero-order valence-corrected chi connectivity index (χ0v) is 14.9. The van der Waals surface area contributed by atoms with E-state index in [0.29, 0.717) is 12.2 Å². The van der Waals surface area contributed by atoms with Crippen LogP contribution in [0.25, 0.3) is 12.2 Å². The lowest BCUT2D eigenvalue weighted by molar-refractivity contribution is -0.0587. The van der Waals surface area contributed by atoms with Crippen LogP contribution >= 0.6 is 11.3 Å². The van der Waals surface area contributed by atoms with Crippen LogP contribution in [0.3, 0.4) is 0 Å². The second-order valence-corrected chi connectivity index (χ2v) is 6.73. The van der Waals surface area contributed by atoms with Gasteiger partial charge in [0.05, 0.1) is 17.7 Å². The summed E-state index contributed by atoms with van der Waals surface area (Å²) in [7, 11) is 0. The first-order chi connectivity index (χ1) is 12.5. The van der Waals surface area contributed by atoms with E-state index >= 15 is 0 Å². The van der Waals surface area contributed by atoms with Gasteiger partial charge >= 0.3 is 11.9 Å². The maximum atomic E-state index is 11.3. The normalized spacial score (nSPS) is 19.9. The van der Waals surface area contributed by atoms with E-state index < -0.39 is 11.9 Å². The summed E-state index contributed by atoms with van der Waals surface area (Å²) in [4.78, 5) is 23.5. The van der Waals surface area contributed by atoms with Crippen molar-refractivity contribution >= 4 is 35.4 Å². The van der Waals surface area contributed by atoms with Gasteiger partial charge in [-0.2, -0.15) is 0 Å². The molecule has 2 aromatic rings. The third kappa shape index (κ3) is 3.85. The van der Waals surface area contributed by atoms with Crippen LogP contribution in [0.1, 0.15) is 56.2 Å². The van der Waals surface area contributed by atoms with Gasteiger partial charge in [0, 0.05) is 4.88 Å². The van der Waals surface area contributed by atoms with Crippen LogP contribution in [0.5, 0.6) is 0 Å². The second-order valence-electron chi connectivity index (χ2n) is 5.78. The lowest BCUT2D eigenvalue weighted by Crippen LogP contribution is -2.08. The zero-order chi connectivity index (χ0) is 18.7. The Labute approximate surface area is 154 Å². The van der Waals surface area contributed by atoms with Gasteiger partial charge in [-0.1, -0.05) is 25.1 Å². The number of aromatic carboxylic acids is 2. The minimum Gasteiger partial charge on any atom is -0.478 e. The van der Waals surface area contributed by atoms with Crippen LogP contribution in [0.2, 0.25) is 0 Å². The molecule has 136 valence electrons. The first kappa shape index (κ1) is 18.3. The maximum Gasteiger partial charge on any atom is 0.336 e. The first-order valence-electron chi connectivity index (χ1n) is 8.12. The number of carboxylic acid groups (broad SMARTS) is 2. The molecule has 3 rings (SSSR count). The molecule has 0 radical (unpaired) electrons. The Bertz CT molecular complexity index is 853. The molecule has 7 heteroatoms. The number of thiophene rings is 1. The summed E-state index contributed by atoms with van der Waals surface area (Å²) in [6, 6.07) is 6.21. The summed E-state index contributed by atoms with van der Waals surface area (Å²) in [6.45, 7) is 2.51. The molecule has 1 fully saturated rings. The molecule has 2 unspecified atom stereocenters. The average molecular weight is 374 g/mol. The molecule has 1 aromatic carbocycles. The molecule has 26 heavy (non-hydrogen) atoms. The Kier molecular flexibility index (Phi) is 5.51. The fourth-order valence-electron chi connectivity index (χ4n) is 2.75. The van der Waals surface area contributed by atoms with Gasteiger partial charge in [-0.3, -0.25) is 0 Å². The molecule has 0 aliphatic carbocycles. The fourth-order valence-corrected chi connectivity index (χ4v) is 3.66. The van der Waals surface area contributed by atoms with E-state index in [1.165, 1.54) is 12.1 Å². The molecule has 1 aliphatic rings. The van der Waals surface area contributed by atoms with E-state index in [9.17, 15) is 14.7 Å². The molecule has 2 atom stereocenters. The highest BCUT2D eigenvalue weighted by atomic mass is 32.1. The fraction of sp³-hybridized carbons (Fsp3) is 0.263. The lowest BCUT2D eigenvalue weighted by atomic mass is 10.0. The van der Waals surface area contributed by atoms with Crippen molar-refractivity contribution in [3.63, 3.8) is 0 Å². The Morgan fingerprint density at radius 3 is 2.62 bits per heavy atom. The van der Waals surface area contributed by atoms with Crippen LogP contribution in [0.4, 0.5) is 0 Å². The van der Waals surface area contributed by atoms with Gasteiger partial charge in [0.1, 0.15) is 6.10 Å². The van der Waals surface area contributed by atoms with Crippen molar-refractivity contribution in [2.45, 2.75) is 25.7 Å². The third-order valence-corrected chi connectivity index (χ3v) is 5.09. The second kappa shape index (κ2) is 7.82. The van der Waals surface area contributed by atoms with Crippen molar-refractivity contribution in [2.75, 3.05) is 6.61 Å². The van der Waals surface area contributed by atoms with E-state index in [-0.39, 0.29) is 23.5 Å². The SMILES string of the molecule is CCC1OCC(c2sccc2/C=C/c2ccc(C(=O)O)c(C(=O)O)c2)O1. The van der Waals surface area contributed by atoms with Crippen molar-refractivity contribution in [2.24, 2.45) is 0 Å². The van der Waals surface area contributed by atoms with Gasteiger partial charge in [-0.25, -0.2) is 9.59 Å². The average Bonchev–Trinajstić information content (AvgIpc) is 3.28. The molecule has 1 saturated heterocycles. The van der Waals surface area contributed by atoms with Crippen molar-refractivity contribution in [3.8, 4) is 0 Å². The standard InChI is InChI=1S/C19H18O6S/c1-2-16-24-10-15(25-16)17-12(7-8-26-17)5-3-11-4-6-13(18(20)21)14(9-11)19(22)23/h3-9,15-16H,2,10H2,1H3,(H,20,21)(H,22,23)/b5-3+. The Hall–Kier alpha value is -2.48. The molecule has 1 aliphatic heterocycles. The van der Waals surface area contributed by atoms with Crippen LogP contribution < -0.4 is 0 Å². The predicted octanol–water partition coefficient (Wildman–Crippen LogP) is 4.14. The predicted molar refractivity (Wildman–Crippen MR) is 97.5 cm³/mol. The van der Waals surface area contributed by atoms with Gasteiger partial charge in [0.25, 0.3) is 0 Å². The maximum absolute atomic E-state index is 11.3. The number of carboxylic acids is 2. The van der Waals surface area contributed by atoms with Crippen LogP contribution in [0, 0.1) is 0 Å². The van der Waals surface area contributed by atoms with Crippen LogP contribution in [0.15, 0.2) is 29.6 Å². The Balaban J connectivity index is 1.83. The highest BCUT2D eigenvalue weighted by Crippen LogP contribution is 2.34. The molecule has 6 nitrogen and oxygen atoms in total. The largest absolute Gasteiger partial charge is 0.478 e.